The van der Waals surface area contributed by atoms with Crippen LogP contribution in [0.5, 0.6) is 0 Å². The molecule has 1 atom stereocenters. The molecule has 0 aliphatic rings. The van der Waals surface area contributed by atoms with Crippen LogP contribution < -0.4 is 10.0 Å². The highest BCUT2D eigenvalue weighted by atomic mass is 79.9. The molecule has 0 bridgehead atoms. The van der Waals surface area contributed by atoms with Crippen LogP contribution in [0, 0.1) is 0 Å². The van der Waals surface area contributed by atoms with Gasteiger partial charge in [0.25, 0.3) is 10.0 Å². The molecule has 0 saturated carbocycles. The fourth-order valence-corrected chi connectivity index (χ4v) is 4.88. The van der Waals surface area contributed by atoms with Crippen molar-refractivity contribution in [3.63, 3.8) is 0 Å². The lowest BCUT2D eigenvalue weighted by atomic mass is 10.2. The lowest BCUT2D eigenvalue weighted by molar-refractivity contribution is -0.117. The molecule has 0 fully saturated rings. The standard InChI is InChI=1S/C15H17BrN2O3S3/c1-22-10-8-13(18-24(20,21)14-3-2-9-23-14)15(19)17-12-6-4-11(16)5-7-12/h2-7,9,13,18H,8,10H2,1H3,(H,17,19)/t13-/m0/s1. The van der Waals surface area contributed by atoms with Gasteiger partial charge in [0.2, 0.25) is 5.91 Å². The first-order valence-electron chi connectivity index (χ1n) is 7.03. The zero-order valence-electron chi connectivity index (χ0n) is 12.9. The molecule has 130 valence electrons. The Hall–Kier alpha value is -0.870. The summed E-state index contributed by atoms with van der Waals surface area (Å²) in [6.07, 6.45) is 2.32. The molecular weight excluding hydrogens is 432 g/mol. The highest BCUT2D eigenvalue weighted by Crippen LogP contribution is 2.18. The molecule has 1 aromatic carbocycles. The molecule has 0 spiro atoms. The molecule has 9 heteroatoms. The van der Waals surface area contributed by atoms with Gasteiger partial charge in [-0.05, 0) is 54.1 Å². The fraction of sp³-hybridized carbons (Fsp3) is 0.267. The molecule has 0 aliphatic carbocycles. The highest BCUT2D eigenvalue weighted by Gasteiger charge is 2.26. The smallest absolute Gasteiger partial charge is 0.250 e. The number of thioether (sulfide) groups is 1. The van der Waals surface area contributed by atoms with Gasteiger partial charge in [-0.1, -0.05) is 22.0 Å². The molecule has 1 heterocycles. The Labute approximate surface area is 158 Å². The molecule has 1 amide bonds. The van der Waals surface area contributed by atoms with Gasteiger partial charge in [-0.2, -0.15) is 16.5 Å². The number of benzene rings is 1. The van der Waals surface area contributed by atoms with Gasteiger partial charge in [-0.3, -0.25) is 4.79 Å². The largest absolute Gasteiger partial charge is 0.325 e. The van der Waals surface area contributed by atoms with E-state index in [2.05, 4.69) is 26.0 Å². The molecule has 2 rings (SSSR count). The van der Waals surface area contributed by atoms with Crippen LogP contribution in [0.1, 0.15) is 6.42 Å². The van der Waals surface area contributed by atoms with E-state index >= 15 is 0 Å². The zero-order chi connectivity index (χ0) is 17.6. The van der Waals surface area contributed by atoms with Crippen molar-refractivity contribution in [3.8, 4) is 0 Å². The summed E-state index contributed by atoms with van der Waals surface area (Å²) < 4.78 is 28.4. The number of amides is 1. The number of carbonyl (C=O) groups is 1. The minimum Gasteiger partial charge on any atom is -0.325 e. The second-order valence-corrected chi connectivity index (χ2v) is 9.67. The molecule has 24 heavy (non-hydrogen) atoms. The molecular formula is C15H17BrN2O3S3. The normalized spacial score (nSPS) is 12.8. The van der Waals surface area contributed by atoms with E-state index in [9.17, 15) is 13.2 Å². The minimum atomic E-state index is -3.70. The fourth-order valence-electron chi connectivity index (χ4n) is 1.90. The van der Waals surface area contributed by atoms with Gasteiger partial charge in [0.15, 0.2) is 0 Å². The van der Waals surface area contributed by atoms with Crippen molar-refractivity contribution in [2.45, 2.75) is 16.7 Å². The Morgan fingerprint density at radius 2 is 2.00 bits per heavy atom. The van der Waals surface area contributed by atoms with Gasteiger partial charge in [0.1, 0.15) is 10.3 Å². The third kappa shape index (κ3) is 5.59. The van der Waals surface area contributed by atoms with Crippen LogP contribution in [0.25, 0.3) is 0 Å². The first-order valence-corrected chi connectivity index (χ1v) is 11.6. The van der Waals surface area contributed by atoms with Crippen molar-refractivity contribution < 1.29 is 13.2 Å². The molecule has 2 aromatic rings. The summed E-state index contributed by atoms with van der Waals surface area (Å²) in [6.45, 7) is 0. The van der Waals surface area contributed by atoms with Gasteiger partial charge in [-0.25, -0.2) is 8.42 Å². The van der Waals surface area contributed by atoms with Crippen molar-refractivity contribution in [2.24, 2.45) is 0 Å². The van der Waals surface area contributed by atoms with Crippen LogP contribution in [0.15, 0.2) is 50.5 Å². The van der Waals surface area contributed by atoms with Gasteiger partial charge in [-0.15, -0.1) is 11.3 Å². The van der Waals surface area contributed by atoms with E-state index in [-0.39, 0.29) is 10.1 Å². The van der Waals surface area contributed by atoms with Crippen LogP contribution in [-0.4, -0.2) is 32.4 Å². The maximum Gasteiger partial charge on any atom is 0.250 e. The molecule has 2 N–H and O–H groups in total. The second kappa shape index (κ2) is 9.00. The quantitative estimate of drug-likeness (QED) is 0.647. The van der Waals surface area contributed by atoms with Gasteiger partial charge in [0.05, 0.1) is 0 Å². The molecule has 0 aliphatic heterocycles. The SMILES string of the molecule is CSCC[C@H](NS(=O)(=O)c1cccs1)C(=O)Nc1ccc(Br)cc1. The lowest BCUT2D eigenvalue weighted by Gasteiger charge is -2.17. The van der Waals surface area contributed by atoms with Crippen molar-refractivity contribution in [2.75, 3.05) is 17.3 Å². The number of carbonyl (C=O) groups excluding carboxylic acids is 1. The number of rotatable bonds is 8. The number of halogens is 1. The van der Waals surface area contributed by atoms with E-state index < -0.39 is 16.1 Å². The number of hydrogen-bond donors (Lipinski definition) is 2. The molecule has 0 saturated heterocycles. The summed E-state index contributed by atoms with van der Waals surface area (Å²) in [5, 5.41) is 4.44. The summed E-state index contributed by atoms with van der Waals surface area (Å²) in [7, 11) is -3.70. The molecule has 1 aromatic heterocycles. The molecule has 5 nitrogen and oxygen atoms in total. The molecule has 0 radical (unpaired) electrons. The van der Waals surface area contributed by atoms with E-state index in [0.717, 1.165) is 15.8 Å². The summed E-state index contributed by atoms with van der Waals surface area (Å²) in [5.41, 5.74) is 0.618. The lowest BCUT2D eigenvalue weighted by Crippen LogP contribution is -2.43. The van der Waals surface area contributed by atoms with E-state index in [4.69, 9.17) is 0 Å². The van der Waals surface area contributed by atoms with Crippen molar-refractivity contribution >= 4 is 60.6 Å². The average molecular weight is 449 g/mol. The first-order chi connectivity index (χ1) is 11.4. The van der Waals surface area contributed by atoms with Crippen LogP contribution in [0.4, 0.5) is 5.69 Å². The van der Waals surface area contributed by atoms with Crippen molar-refractivity contribution in [3.05, 3.63) is 46.3 Å². The van der Waals surface area contributed by atoms with E-state index in [1.807, 2.05) is 18.4 Å². The predicted octanol–water partition coefficient (Wildman–Crippen LogP) is 3.55. The Kier molecular flexibility index (Phi) is 7.30. The van der Waals surface area contributed by atoms with Gasteiger partial charge >= 0.3 is 0 Å². The van der Waals surface area contributed by atoms with Crippen LogP contribution >= 0.6 is 39.0 Å². The van der Waals surface area contributed by atoms with Crippen LogP contribution in [-0.2, 0) is 14.8 Å². The topological polar surface area (TPSA) is 75.3 Å². The average Bonchev–Trinajstić information content (AvgIpc) is 3.09. The Bertz CT molecular complexity index is 762. The van der Waals surface area contributed by atoms with E-state index in [1.165, 1.54) is 6.07 Å². The Morgan fingerprint density at radius 1 is 1.29 bits per heavy atom. The summed E-state index contributed by atoms with van der Waals surface area (Å²) in [5.74, 6) is 0.303. The first kappa shape index (κ1) is 19.5. The maximum absolute atomic E-state index is 12.5. The van der Waals surface area contributed by atoms with Gasteiger partial charge in [0, 0.05) is 10.2 Å². The second-order valence-electron chi connectivity index (χ2n) is 4.88. The van der Waals surface area contributed by atoms with Crippen LogP contribution in [0.2, 0.25) is 0 Å². The van der Waals surface area contributed by atoms with Crippen molar-refractivity contribution in [1.82, 2.24) is 4.72 Å². The number of sulfonamides is 1. The van der Waals surface area contributed by atoms with E-state index in [0.29, 0.717) is 17.9 Å². The summed E-state index contributed by atoms with van der Waals surface area (Å²) in [4.78, 5) is 12.5. The minimum absolute atomic E-state index is 0.202. The Morgan fingerprint density at radius 3 is 2.58 bits per heavy atom. The third-order valence-corrected chi connectivity index (χ3v) is 7.14. The van der Waals surface area contributed by atoms with Crippen LogP contribution in [0.3, 0.4) is 0 Å². The highest BCUT2D eigenvalue weighted by molar-refractivity contribution is 9.10. The van der Waals surface area contributed by atoms with Crippen molar-refractivity contribution in [1.29, 1.82) is 0 Å². The Balaban J connectivity index is 2.12. The predicted molar refractivity (Wildman–Crippen MR) is 104 cm³/mol. The summed E-state index contributed by atoms with van der Waals surface area (Å²) >= 11 is 6.01. The van der Waals surface area contributed by atoms with Gasteiger partial charge < -0.3 is 5.32 Å². The number of nitrogens with one attached hydrogen (secondary N) is 2. The number of thiophene rings is 1. The summed E-state index contributed by atoms with van der Waals surface area (Å²) in [6, 6.07) is 9.48. The monoisotopic (exact) mass is 448 g/mol. The maximum atomic E-state index is 12.5. The number of anilines is 1. The number of hydrogen-bond acceptors (Lipinski definition) is 5. The third-order valence-electron chi connectivity index (χ3n) is 3.10. The zero-order valence-corrected chi connectivity index (χ0v) is 16.9. The van der Waals surface area contributed by atoms with E-state index in [1.54, 1.807) is 35.3 Å². The molecule has 0 unspecified atom stereocenters.